The van der Waals surface area contributed by atoms with Crippen LogP contribution in [0, 0.1) is 12.7 Å². The van der Waals surface area contributed by atoms with Crippen LogP contribution in [0.2, 0.25) is 0 Å². The van der Waals surface area contributed by atoms with Crippen molar-refractivity contribution in [2.45, 2.75) is 44.7 Å². The second kappa shape index (κ2) is 5.13. The lowest BCUT2D eigenvalue weighted by molar-refractivity contribution is -0.154. The predicted octanol–water partition coefficient (Wildman–Crippen LogP) is 1.91. The summed E-state index contributed by atoms with van der Waals surface area (Å²) in [6.45, 7) is 2.26. The molecular formula is C16H19FN2O2. The van der Waals surface area contributed by atoms with Crippen molar-refractivity contribution in [2.75, 3.05) is 6.54 Å². The van der Waals surface area contributed by atoms with Gasteiger partial charge in [-0.25, -0.2) is 4.39 Å². The number of amides is 2. The molecular weight excluding hydrogens is 271 g/mol. The molecule has 112 valence electrons. The first-order valence-electron chi connectivity index (χ1n) is 7.37. The zero-order chi connectivity index (χ0) is 15.0. The molecule has 2 amide bonds. The maximum atomic E-state index is 13.2. The van der Waals surface area contributed by atoms with Crippen molar-refractivity contribution in [2.24, 2.45) is 0 Å². The van der Waals surface area contributed by atoms with Crippen LogP contribution in [0.5, 0.6) is 0 Å². The summed E-state index contributed by atoms with van der Waals surface area (Å²) in [4.78, 5) is 26.4. The Balaban J connectivity index is 1.93. The molecule has 4 nitrogen and oxygen atoms in total. The molecule has 1 N–H and O–H groups in total. The Morgan fingerprint density at radius 1 is 1.29 bits per heavy atom. The molecule has 1 aliphatic heterocycles. The molecule has 1 heterocycles. The molecule has 3 rings (SSSR count). The molecule has 1 saturated heterocycles. The number of hydrogen-bond acceptors (Lipinski definition) is 2. The minimum atomic E-state index is -0.698. The molecule has 0 aromatic heterocycles. The molecule has 2 aliphatic rings. The highest BCUT2D eigenvalue weighted by Crippen LogP contribution is 2.38. The number of aryl methyl sites for hydroxylation is 1. The number of nitrogens with zero attached hydrogens (tertiary/aromatic N) is 1. The summed E-state index contributed by atoms with van der Waals surface area (Å²) in [6, 6.07) is 4.57. The summed E-state index contributed by atoms with van der Waals surface area (Å²) in [5, 5.41) is 2.71. The molecule has 0 atom stereocenters. The Kier molecular flexibility index (Phi) is 3.43. The molecule has 1 aliphatic carbocycles. The summed E-state index contributed by atoms with van der Waals surface area (Å²) in [7, 11) is 0. The number of hydrogen-bond donors (Lipinski definition) is 1. The van der Waals surface area contributed by atoms with Gasteiger partial charge in [-0.05, 0) is 43.0 Å². The number of halogens is 1. The van der Waals surface area contributed by atoms with E-state index in [-0.39, 0.29) is 24.2 Å². The number of benzene rings is 1. The van der Waals surface area contributed by atoms with Gasteiger partial charge in [-0.15, -0.1) is 0 Å². The van der Waals surface area contributed by atoms with Gasteiger partial charge < -0.3 is 10.2 Å². The first-order valence-corrected chi connectivity index (χ1v) is 7.37. The number of rotatable bonds is 2. The van der Waals surface area contributed by atoms with E-state index in [9.17, 15) is 14.0 Å². The van der Waals surface area contributed by atoms with Gasteiger partial charge in [-0.1, -0.05) is 18.9 Å². The van der Waals surface area contributed by atoms with Crippen molar-refractivity contribution in [1.29, 1.82) is 0 Å². The van der Waals surface area contributed by atoms with Crippen LogP contribution in [0.15, 0.2) is 18.2 Å². The molecule has 21 heavy (non-hydrogen) atoms. The number of carbonyl (C=O) groups is 2. The summed E-state index contributed by atoms with van der Waals surface area (Å²) in [6.07, 6.45) is 3.34. The Bertz CT molecular complexity index is 594. The summed E-state index contributed by atoms with van der Waals surface area (Å²) >= 11 is 0. The second-order valence-corrected chi connectivity index (χ2v) is 5.97. The maximum absolute atomic E-state index is 13.2. The molecule has 2 fully saturated rings. The van der Waals surface area contributed by atoms with Crippen LogP contribution >= 0.6 is 0 Å². The first kappa shape index (κ1) is 14.0. The van der Waals surface area contributed by atoms with Gasteiger partial charge in [0.2, 0.25) is 11.8 Å². The summed E-state index contributed by atoms with van der Waals surface area (Å²) < 4.78 is 13.2. The SMILES string of the molecule is Cc1cc(F)ccc1CN1C(=O)CNC(=O)C12CCCC2. The molecule has 1 aromatic rings. The Labute approximate surface area is 123 Å². The van der Waals surface area contributed by atoms with E-state index in [1.807, 2.05) is 6.92 Å². The van der Waals surface area contributed by atoms with E-state index in [4.69, 9.17) is 0 Å². The lowest BCUT2D eigenvalue weighted by atomic mass is 9.90. The quantitative estimate of drug-likeness (QED) is 0.904. The zero-order valence-electron chi connectivity index (χ0n) is 12.1. The van der Waals surface area contributed by atoms with Gasteiger partial charge in [0.05, 0.1) is 6.54 Å². The molecule has 1 spiro atoms. The standard InChI is InChI=1S/C16H19FN2O2/c1-11-8-13(17)5-4-12(11)10-19-14(20)9-18-15(21)16(19)6-2-3-7-16/h4-5,8H,2-3,6-7,9-10H2,1H3,(H,18,21). The van der Waals surface area contributed by atoms with Crippen molar-refractivity contribution >= 4 is 11.8 Å². The van der Waals surface area contributed by atoms with Crippen LogP contribution < -0.4 is 5.32 Å². The first-order chi connectivity index (χ1) is 10.0. The Hall–Kier alpha value is -1.91. The van der Waals surface area contributed by atoms with Gasteiger partial charge in [0.1, 0.15) is 11.4 Å². The van der Waals surface area contributed by atoms with E-state index in [1.165, 1.54) is 12.1 Å². The van der Waals surface area contributed by atoms with Gasteiger partial charge in [0, 0.05) is 6.54 Å². The van der Waals surface area contributed by atoms with Crippen LogP contribution in [0.4, 0.5) is 4.39 Å². The van der Waals surface area contributed by atoms with Gasteiger partial charge in [-0.2, -0.15) is 0 Å². The Morgan fingerprint density at radius 2 is 2.00 bits per heavy atom. The number of carbonyl (C=O) groups excluding carboxylic acids is 2. The van der Waals surface area contributed by atoms with Crippen LogP contribution in [0.25, 0.3) is 0 Å². The number of nitrogens with one attached hydrogen (secondary N) is 1. The van der Waals surface area contributed by atoms with Gasteiger partial charge in [-0.3, -0.25) is 9.59 Å². The average molecular weight is 290 g/mol. The number of piperazine rings is 1. The van der Waals surface area contributed by atoms with Crippen molar-refractivity contribution in [1.82, 2.24) is 10.2 Å². The average Bonchev–Trinajstić information content (AvgIpc) is 2.92. The molecule has 0 unspecified atom stereocenters. The van der Waals surface area contributed by atoms with E-state index < -0.39 is 5.54 Å². The van der Waals surface area contributed by atoms with Crippen LogP contribution in [0.1, 0.15) is 36.8 Å². The fourth-order valence-electron chi connectivity index (χ4n) is 3.48. The van der Waals surface area contributed by atoms with E-state index in [0.717, 1.165) is 24.0 Å². The van der Waals surface area contributed by atoms with E-state index in [0.29, 0.717) is 19.4 Å². The third-order valence-corrected chi connectivity index (χ3v) is 4.70. The fraction of sp³-hybridized carbons (Fsp3) is 0.500. The van der Waals surface area contributed by atoms with Crippen LogP contribution in [0.3, 0.4) is 0 Å². The summed E-state index contributed by atoms with van der Waals surface area (Å²) in [5.41, 5.74) is 1.00. The predicted molar refractivity (Wildman–Crippen MR) is 75.9 cm³/mol. The van der Waals surface area contributed by atoms with Crippen molar-refractivity contribution in [3.8, 4) is 0 Å². The smallest absolute Gasteiger partial charge is 0.246 e. The minimum absolute atomic E-state index is 0.0423. The monoisotopic (exact) mass is 290 g/mol. The second-order valence-electron chi connectivity index (χ2n) is 5.97. The van der Waals surface area contributed by atoms with Crippen molar-refractivity contribution in [3.63, 3.8) is 0 Å². The molecule has 1 aromatic carbocycles. The van der Waals surface area contributed by atoms with Gasteiger partial charge in [0.25, 0.3) is 0 Å². The van der Waals surface area contributed by atoms with Crippen molar-refractivity contribution < 1.29 is 14.0 Å². The maximum Gasteiger partial charge on any atom is 0.246 e. The Morgan fingerprint density at radius 3 is 2.67 bits per heavy atom. The van der Waals surface area contributed by atoms with Gasteiger partial charge in [0.15, 0.2) is 0 Å². The van der Waals surface area contributed by atoms with E-state index in [1.54, 1.807) is 11.0 Å². The highest BCUT2D eigenvalue weighted by atomic mass is 19.1. The largest absolute Gasteiger partial charge is 0.345 e. The zero-order valence-corrected chi connectivity index (χ0v) is 12.1. The van der Waals surface area contributed by atoms with Crippen LogP contribution in [-0.2, 0) is 16.1 Å². The third-order valence-electron chi connectivity index (χ3n) is 4.70. The molecule has 1 saturated carbocycles. The normalized spacial score (nSPS) is 21.0. The van der Waals surface area contributed by atoms with E-state index >= 15 is 0 Å². The molecule has 0 bridgehead atoms. The molecule has 0 radical (unpaired) electrons. The topological polar surface area (TPSA) is 49.4 Å². The van der Waals surface area contributed by atoms with E-state index in [2.05, 4.69) is 5.32 Å². The highest BCUT2D eigenvalue weighted by molar-refractivity contribution is 5.98. The lowest BCUT2D eigenvalue weighted by Crippen LogP contribution is -2.65. The third kappa shape index (κ3) is 2.30. The minimum Gasteiger partial charge on any atom is -0.345 e. The summed E-state index contributed by atoms with van der Waals surface area (Å²) in [5.74, 6) is -0.380. The molecule has 5 heteroatoms. The van der Waals surface area contributed by atoms with Crippen LogP contribution in [-0.4, -0.2) is 28.8 Å². The lowest BCUT2D eigenvalue weighted by Gasteiger charge is -2.43. The van der Waals surface area contributed by atoms with Gasteiger partial charge >= 0.3 is 0 Å². The highest BCUT2D eigenvalue weighted by Gasteiger charge is 2.50. The fourth-order valence-corrected chi connectivity index (χ4v) is 3.48. The van der Waals surface area contributed by atoms with Crippen molar-refractivity contribution in [3.05, 3.63) is 35.1 Å².